The van der Waals surface area contributed by atoms with E-state index in [1.165, 1.54) is 23.1 Å². The molecule has 162 valence electrons. The van der Waals surface area contributed by atoms with Crippen LogP contribution in [0.4, 0.5) is 0 Å². The summed E-state index contributed by atoms with van der Waals surface area (Å²) in [7, 11) is 0. The van der Waals surface area contributed by atoms with Crippen LogP contribution >= 0.6 is 23.1 Å². The summed E-state index contributed by atoms with van der Waals surface area (Å²) < 4.78 is 1.94. The number of thiophene rings is 1. The van der Waals surface area contributed by atoms with E-state index < -0.39 is 0 Å². The van der Waals surface area contributed by atoms with E-state index in [9.17, 15) is 9.59 Å². The monoisotopic (exact) mass is 463 g/mol. The summed E-state index contributed by atoms with van der Waals surface area (Å²) in [5.41, 5.74) is 9.01. The van der Waals surface area contributed by atoms with E-state index in [0.29, 0.717) is 15.9 Å². The van der Waals surface area contributed by atoms with Crippen LogP contribution in [-0.4, -0.2) is 32.3 Å². The summed E-state index contributed by atoms with van der Waals surface area (Å²) in [5, 5.41) is 11.1. The average molecular weight is 464 g/mol. The first-order valence-electron chi connectivity index (χ1n) is 9.86. The van der Waals surface area contributed by atoms with Crippen LogP contribution < -0.4 is 10.9 Å². The highest BCUT2D eigenvalue weighted by atomic mass is 32.2. The van der Waals surface area contributed by atoms with Gasteiger partial charge in [0.05, 0.1) is 10.6 Å². The lowest BCUT2D eigenvalue weighted by Gasteiger charge is -2.11. The third-order valence-corrected chi connectivity index (χ3v) is 6.43. The second-order valence-electron chi connectivity index (χ2n) is 7.11. The molecule has 32 heavy (non-hydrogen) atoms. The van der Waals surface area contributed by atoms with Gasteiger partial charge in [0.1, 0.15) is 0 Å². The number of benzene rings is 2. The highest BCUT2D eigenvalue weighted by Crippen LogP contribution is 2.28. The molecule has 0 saturated carbocycles. The molecule has 7 nitrogen and oxygen atoms in total. The summed E-state index contributed by atoms with van der Waals surface area (Å²) in [4.78, 5) is 24.8. The van der Waals surface area contributed by atoms with Gasteiger partial charge < -0.3 is 0 Å². The van der Waals surface area contributed by atoms with Crippen molar-refractivity contribution in [1.29, 1.82) is 0 Å². The Kier molecular flexibility index (Phi) is 6.67. The van der Waals surface area contributed by atoms with E-state index in [0.717, 1.165) is 22.4 Å². The minimum Gasteiger partial charge on any atom is -0.272 e. The minimum absolute atomic E-state index is 0.0720. The molecule has 9 heteroatoms. The van der Waals surface area contributed by atoms with Crippen LogP contribution in [0.2, 0.25) is 0 Å². The zero-order valence-electron chi connectivity index (χ0n) is 17.5. The van der Waals surface area contributed by atoms with Gasteiger partial charge in [-0.15, -0.1) is 21.5 Å². The van der Waals surface area contributed by atoms with Gasteiger partial charge in [0, 0.05) is 11.3 Å². The minimum atomic E-state index is -0.345. The number of carbonyl (C=O) groups excluding carboxylic acids is 2. The van der Waals surface area contributed by atoms with Crippen molar-refractivity contribution in [2.24, 2.45) is 0 Å². The lowest BCUT2D eigenvalue weighted by atomic mass is 10.1. The highest BCUT2D eigenvalue weighted by Gasteiger charge is 2.17. The predicted molar refractivity (Wildman–Crippen MR) is 127 cm³/mol. The molecule has 0 aliphatic heterocycles. The molecule has 0 atom stereocenters. The number of aryl methyl sites for hydroxylation is 2. The van der Waals surface area contributed by atoms with Crippen molar-refractivity contribution in [2.75, 3.05) is 5.75 Å². The largest absolute Gasteiger partial charge is 0.279 e. The molecule has 0 unspecified atom stereocenters. The molecule has 0 aliphatic carbocycles. The van der Waals surface area contributed by atoms with Crippen molar-refractivity contribution in [2.45, 2.75) is 19.0 Å². The third-order valence-electron chi connectivity index (χ3n) is 4.63. The van der Waals surface area contributed by atoms with Crippen molar-refractivity contribution < 1.29 is 9.59 Å². The number of aromatic nitrogens is 3. The number of carbonyl (C=O) groups is 2. The molecular formula is C23H21N5O2S2. The smallest absolute Gasteiger partial charge is 0.272 e. The fourth-order valence-electron chi connectivity index (χ4n) is 2.94. The van der Waals surface area contributed by atoms with Crippen LogP contribution in [0.1, 0.15) is 20.8 Å². The van der Waals surface area contributed by atoms with Crippen LogP contribution in [-0.2, 0) is 4.79 Å². The molecule has 2 aromatic carbocycles. The van der Waals surface area contributed by atoms with Crippen molar-refractivity contribution in [3.05, 3.63) is 82.0 Å². The summed E-state index contributed by atoms with van der Waals surface area (Å²) in [5.74, 6) is 0.0867. The normalized spacial score (nSPS) is 10.7. The van der Waals surface area contributed by atoms with Crippen molar-refractivity contribution in [1.82, 2.24) is 25.6 Å². The van der Waals surface area contributed by atoms with Gasteiger partial charge in [-0.25, -0.2) is 0 Å². The van der Waals surface area contributed by atoms with Gasteiger partial charge in [-0.2, -0.15) is 0 Å². The quantitative estimate of drug-likeness (QED) is 0.331. The van der Waals surface area contributed by atoms with Crippen LogP contribution in [0.15, 0.2) is 71.2 Å². The van der Waals surface area contributed by atoms with Gasteiger partial charge in [-0.1, -0.05) is 65.4 Å². The van der Waals surface area contributed by atoms with E-state index in [1.807, 2.05) is 66.9 Å². The molecule has 0 bridgehead atoms. The molecule has 0 fully saturated rings. The number of nitrogens with zero attached hydrogens (tertiary/aromatic N) is 3. The third kappa shape index (κ3) is 5.06. The maximum atomic E-state index is 12.3. The van der Waals surface area contributed by atoms with Gasteiger partial charge in [-0.3, -0.25) is 25.0 Å². The number of nitrogens with one attached hydrogen (secondary N) is 2. The first-order valence-corrected chi connectivity index (χ1v) is 11.7. The number of hydrogen-bond acceptors (Lipinski definition) is 6. The lowest BCUT2D eigenvalue weighted by Crippen LogP contribution is -2.42. The number of rotatable bonds is 6. The number of hydrazine groups is 1. The molecule has 2 heterocycles. The molecule has 0 aliphatic rings. The Morgan fingerprint density at radius 2 is 1.62 bits per heavy atom. The van der Waals surface area contributed by atoms with Crippen molar-refractivity contribution in [3.8, 4) is 17.1 Å². The van der Waals surface area contributed by atoms with E-state index in [4.69, 9.17) is 0 Å². The maximum Gasteiger partial charge on any atom is 0.279 e. The fourth-order valence-corrected chi connectivity index (χ4v) is 4.31. The fraction of sp³-hybridized carbons (Fsp3) is 0.130. The van der Waals surface area contributed by atoms with E-state index >= 15 is 0 Å². The van der Waals surface area contributed by atoms with Crippen LogP contribution in [0.25, 0.3) is 17.1 Å². The summed E-state index contributed by atoms with van der Waals surface area (Å²) >= 11 is 2.56. The number of thioether (sulfide) groups is 1. The lowest BCUT2D eigenvalue weighted by molar-refractivity contribution is -0.119. The SMILES string of the molecule is Cc1ccc(-c2nnc(SCC(=O)NNC(=O)c3cccs3)n2-c2ccc(C)cc2)cc1. The molecule has 2 aromatic heterocycles. The summed E-state index contributed by atoms with van der Waals surface area (Å²) in [6, 6.07) is 19.6. The standard InChI is InChI=1S/C23H21N5O2S2/c1-15-5-9-17(10-6-15)21-25-27-23(28(21)18-11-7-16(2)8-12-18)32-14-20(29)24-26-22(30)19-4-3-13-31-19/h3-13H,14H2,1-2H3,(H,24,29)(H,26,30). The Morgan fingerprint density at radius 1 is 0.938 bits per heavy atom. The van der Waals surface area contributed by atoms with Gasteiger partial charge >= 0.3 is 0 Å². The zero-order valence-corrected chi connectivity index (χ0v) is 19.2. The summed E-state index contributed by atoms with van der Waals surface area (Å²) in [6.07, 6.45) is 0. The van der Waals surface area contributed by atoms with Crippen LogP contribution in [0, 0.1) is 13.8 Å². The Labute approximate surface area is 193 Å². The Bertz CT molecular complexity index is 1220. The maximum absolute atomic E-state index is 12.3. The van der Waals surface area contributed by atoms with Gasteiger partial charge in [-0.05, 0) is 37.4 Å². The molecule has 0 saturated heterocycles. The predicted octanol–water partition coefficient (Wildman–Crippen LogP) is 4.17. The van der Waals surface area contributed by atoms with Crippen molar-refractivity contribution in [3.63, 3.8) is 0 Å². The van der Waals surface area contributed by atoms with Gasteiger partial charge in [0.2, 0.25) is 5.91 Å². The Hall–Kier alpha value is -3.43. The molecule has 0 spiro atoms. The average Bonchev–Trinajstić information content (AvgIpc) is 3.48. The molecule has 4 aromatic rings. The molecule has 0 radical (unpaired) electrons. The molecular weight excluding hydrogens is 442 g/mol. The molecule has 2 amide bonds. The Balaban J connectivity index is 1.51. The Morgan fingerprint density at radius 3 is 2.28 bits per heavy atom. The van der Waals surface area contributed by atoms with E-state index in [1.54, 1.807) is 17.5 Å². The van der Waals surface area contributed by atoms with Crippen LogP contribution in [0.5, 0.6) is 0 Å². The second kappa shape index (κ2) is 9.80. The number of amides is 2. The van der Waals surface area contributed by atoms with Crippen LogP contribution in [0.3, 0.4) is 0 Å². The molecule has 4 rings (SSSR count). The second-order valence-corrected chi connectivity index (χ2v) is 9.00. The number of hydrogen-bond donors (Lipinski definition) is 2. The topological polar surface area (TPSA) is 88.9 Å². The first kappa shape index (κ1) is 21.8. The first-order chi connectivity index (χ1) is 15.5. The van der Waals surface area contributed by atoms with Crippen molar-refractivity contribution >= 4 is 34.9 Å². The molecule has 2 N–H and O–H groups in total. The summed E-state index contributed by atoms with van der Waals surface area (Å²) in [6.45, 7) is 4.06. The van der Waals surface area contributed by atoms with Gasteiger partial charge in [0.25, 0.3) is 5.91 Å². The van der Waals surface area contributed by atoms with E-state index in [-0.39, 0.29) is 17.6 Å². The van der Waals surface area contributed by atoms with Gasteiger partial charge in [0.15, 0.2) is 11.0 Å². The zero-order chi connectivity index (χ0) is 22.5. The van der Waals surface area contributed by atoms with E-state index in [2.05, 4.69) is 21.0 Å². The highest BCUT2D eigenvalue weighted by molar-refractivity contribution is 7.99.